The zero-order chi connectivity index (χ0) is 19.9. The molecule has 0 saturated carbocycles. The normalized spacial score (nSPS) is 14.5. The summed E-state index contributed by atoms with van der Waals surface area (Å²) in [6.07, 6.45) is 1.57. The first-order chi connectivity index (χ1) is 13.6. The first kappa shape index (κ1) is 20.1. The highest BCUT2D eigenvalue weighted by Gasteiger charge is 2.21. The van der Waals surface area contributed by atoms with Crippen LogP contribution >= 0.6 is 0 Å². The number of nitrogens with zero attached hydrogens (tertiary/aromatic N) is 3. The van der Waals surface area contributed by atoms with E-state index in [-0.39, 0.29) is 11.8 Å². The fourth-order valence-electron chi connectivity index (χ4n) is 3.29. The lowest BCUT2D eigenvalue weighted by Gasteiger charge is -2.21. The molecule has 3 rings (SSSR count). The van der Waals surface area contributed by atoms with Crippen LogP contribution in [0.2, 0.25) is 0 Å². The van der Waals surface area contributed by atoms with E-state index in [4.69, 9.17) is 4.74 Å². The largest absolute Gasteiger partial charge is 0.381 e. The van der Waals surface area contributed by atoms with Crippen LogP contribution in [-0.4, -0.2) is 42.2 Å². The Hall–Kier alpha value is -2.67. The number of benzene rings is 1. The average Bonchev–Trinajstić information content (AvgIpc) is 2.71. The molecule has 1 aromatic heterocycles. The summed E-state index contributed by atoms with van der Waals surface area (Å²) < 4.78 is 5.32. The SMILES string of the molecule is CCN(CC)c1cc(C)nc(Nc2ccc(NC(=O)C3CCOCC3)cc2)n1. The molecule has 0 radical (unpaired) electrons. The number of ether oxygens (including phenoxy) is 1. The summed E-state index contributed by atoms with van der Waals surface area (Å²) in [5.41, 5.74) is 2.58. The molecule has 0 atom stereocenters. The van der Waals surface area contributed by atoms with Crippen molar-refractivity contribution in [3.05, 3.63) is 36.0 Å². The number of rotatable bonds is 7. The summed E-state index contributed by atoms with van der Waals surface area (Å²) >= 11 is 0. The van der Waals surface area contributed by atoms with E-state index in [9.17, 15) is 4.79 Å². The first-order valence-corrected chi connectivity index (χ1v) is 9.95. The van der Waals surface area contributed by atoms with Crippen LogP contribution in [0.5, 0.6) is 0 Å². The van der Waals surface area contributed by atoms with Crippen molar-refractivity contribution in [3.63, 3.8) is 0 Å². The van der Waals surface area contributed by atoms with Crippen molar-refractivity contribution >= 4 is 29.0 Å². The van der Waals surface area contributed by atoms with Crippen LogP contribution < -0.4 is 15.5 Å². The minimum absolute atomic E-state index is 0.0331. The highest BCUT2D eigenvalue weighted by molar-refractivity contribution is 5.92. The molecule has 2 N–H and O–H groups in total. The molecule has 2 heterocycles. The van der Waals surface area contributed by atoms with Gasteiger partial charge >= 0.3 is 0 Å². The van der Waals surface area contributed by atoms with E-state index in [0.29, 0.717) is 19.2 Å². The second-order valence-electron chi connectivity index (χ2n) is 6.94. The van der Waals surface area contributed by atoms with Crippen molar-refractivity contribution in [2.45, 2.75) is 33.6 Å². The summed E-state index contributed by atoms with van der Waals surface area (Å²) in [6, 6.07) is 9.61. The Morgan fingerprint density at radius 2 is 1.75 bits per heavy atom. The number of amides is 1. The highest BCUT2D eigenvalue weighted by atomic mass is 16.5. The van der Waals surface area contributed by atoms with E-state index in [0.717, 1.165) is 48.8 Å². The van der Waals surface area contributed by atoms with Gasteiger partial charge in [-0.3, -0.25) is 4.79 Å². The van der Waals surface area contributed by atoms with Crippen LogP contribution in [0.15, 0.2) is 30.3 Å². The van der Waals surface area contributed by atoms with Crippen molar-refractivity contribution in [2.24, 2.45) is 5.92 Å². The van der Waals surface area contributed by atoms with Crippen LogP contribution in [0.1, 0.15) is 32.4 Å². The van der Waals surface area contributed by atoms with E-state index in [1.165, 1.54) is 0 Å². The number of carbonyl (C=O) groups excluding carboxylic acids is 1. The summed E-state index contributed by atoms with van der Waals surface area (Å²) in [5.74, 6) is 1.59. The molecule has 0 aliphatic carbocycles. The Bertz CT molecular complexity index is 784. The van der Waals surface area contributed by atoms with Gasteiger partial charge in [0.05, 0.1) is 0 Å². The average molecular weight is 383 g/mol. The second kappa shape index (κ2) is 9.50. The number of carbonyl (C=O) groups is 1. The van der Waals surface area contributed by atoms with Gasteiger partial charge in [-0.15, -0.1) is 0 Å². The van der Waals surface area contributed by atoms with E-state index in [1.54, 1.807) is 0 Å². The van der Waals surface area contributed by atoms with Gasteiger partial charge < -0.3 is 20.3 Å². The predicted octanol–water partition coefficient (Wildman–Crippen LogP) is 3.74. The maximum Gasteiger partial charge on any atom is 0.229 e. The molecule has 1 aliphatic heterocycles. The van der Waals surface area contributed by atoms with Crippen molar-refractivity contribution in [3.8, 4) is 0 Å². The summed E-state index contributed by atoms with van der Waals surface area (Å²) in [7, 11) is 0. The molecule has 150 valence electrons. The van der Waals surface area contributed by atoms with Crippen LogP contribution in [0.25, 0.3) is 0 Å². The number of anilines is 4. The Balaban J connectivity index is 1.65. The minimum atomic E-state index is 0.0331. The first-order valence-electron chi connectivity index (χ1n) is 9.95. The standard InChI is InChI=1S/C21H29N5O2/c1-4-26(5-2)19-14-15(3)22-21(25-19)24-18-8-6-17(7-9-18)23-20(27)16-10-12-28-13-11-16/h6-9,14,16H,4-5,10-13H2,1-3H3,(H,23,27)(H,22,24,25). The monoisotopic (exact) mass is 383 g/mol. The van der Waals surface area contributed by atoms with E-state index in [1.807, 2.05) is 37.3 Å². The van der Waals surface area contributed by atoms with Gasteiger partial charge in [0.15, 0.2) is 0 Å². The molecular formula is C21H29N5O2. The number of nitrogens with one attached hydrogen (secondary N) is 2. The van der Waals surface area contributed by atoms with E-state index < -0.39 is 0 Å². The molecule has 7 nitrogen and oxygen atoms in total. The molecule has 1 aliphatic rings. The minimum Gasteiger partial charge on any atom is -0.381 e. The van der Waals surface area contributed by atoms with E-state index in [2.05, 4.69) is 39.3 Å². The molecule has 2 aromatic rings. The Morgan fingerprint density at radius 1 is 1.11 bits per heavy atom. The fraction of sp³-hybridized carbons (Fsp3) is 0.476. The van der Waals surface area contributed by atoms with E-state index >= 15 is 0 Å². The van der Waals surface area contributed by atoms with Gasteiger partial charge in [0.1, 0.15) is 5.82 Å². The van der Waals surface area contributed by atoms with Crippen molar-refractivity contribution in [2.75, 3.05) is 41.8 Å². The predicted molar refractivity (Wildman–Crippen MR) is 112 cm³/mol. The molecule has 1 fully saturated rings. The number of aryl methyl sites for hydroxylation is 1. The van der Waals surface area contributed by atoms with Crippen molar-refractivity contribution in [1.82, 2.24) is 9.97 Å². The Labute approximate surface area is 166 Å². The highest BCUT2D eigenvalue weighted by Crippen LogP contribution is 2.21. The third-order valence-corrected chi connectivity index (χ3v) is 4.93. The van der Waals surface area contributed by atoms with Crippen LogP contribution in [-0.2, 0) is 9.53 Å². The number of hydrogen-bond acceptors (Lipinski definition) is 6. The molecule has 1 saturated heterocycles. The van der Waals surface area contributed by atoms with Gasteiger partial charge in [0, 0.05) is 55.4 Å². The molecule has 1 aromatic carbocycles. The van der Waals surface area contributed by atoms with Crippen molar-refractivity contribution < 1.29 is 9.53 Å². The topological polar surface area (TPSA) is 79.4 Å². The second-order valence-corrected chi connectivity index (χ2v) is 6.94. The number of aromatic nitrogens is 2. The quantitative estimate of drug-likeness (QED) is 0.758. The van der Waals surface area contributed by atoms with Crippen molar-refractivity contribution in [1.29, 1.82) is 0 Å². The van der Waals surface area contributed by atoms with Gasteiger partial charge in [-0.1, -0.05) is 0 Å². The lowest BCUT2D eigenvalue weighted by molar-refractivity contribution is -0.122. The van der Waals surface area contributed by atoms with Crippen LogP contribution in [0, 0.1) is 12.8 Å². The molecule has 0 spiro atoms. The molecular weight excluding hydrogens is 354 g/mol. The third-order valence-electron chi connectivity index (χ3n) is 4.93. The summed E-state index contributed by atoms with van der Waals surface area (Å²) in [5, 5.41) is 6.24. The Kier molecular flexibility index (Phi) is 6.81. The van der Waals surface area contributed by atoms with Gasteiger partial charge in [-0.05, 0) is 57.9 Å². The zero-order valence-electron chi connectivity index (χ0n) is 16.9. The molecule has 7 heteroatoms. The smallest absolute Gasteiger partial charge is 0.229 e. The van der Waals surface area contributed by atoms with Crippen LogP contribution in [0.4, 0.5) is 23.1 Å². The molecule has 28 heavy (non-hydrogen) atoms. The molecule has 0 unspecified atom stereocenters. The fourth-order valence-corrected chi connectivity index (χ4v) is 3.29. The zero-order valence-corrected chi connectivity index (χ0v) is 16.9. The number of hydrogen-bond donors (Lipinski definition) is 2. The van der Waals surface area contributed by atoms with Gasteiger partial charge in [0.2, 0.25) is 11.9 Å². The third kappa shape index (κ3) is 5.19. The summed E-state index contributed by atoms with van der Waals surface area (Å²) in [6.45, 7) is 9.30. The summed E-state index contributed by atoms with van der Waals surface area (Å²) in [4.78, 5) is 23.6. The lowest BCUT2D eigenvalue weighted by atomic mass is 9.99. The lowest BCUT2D eigenvalue weighted by Crippen LogP contribution is -2.28. The maximum absolute atomic E-state index is 12.3. The molecule has 1 amide bonds. The van der Waals surface area contributed by atoms with Gasteiger partial charge in [0.25, 0.3) is 0 Å². The van der Waals surface area contributed by atoms with Gasteiger partial charge in [-0.2, -0.15) is 4.98 Å². The molecule has 0 bridgehead atoms. The van der Waals surface area contributed by atoms with Crippen LogP contribution in [0.3, 0.4) is 0 Å². The maximum atomic E-state index is 12.3. The Morgan fingerprint density at radius 3 is 2.39 bits per heavy atom. The van der Waals surface area contributed by atoms with Gasteiger partial charge in [-0.25, -0.2) is 4.98 Å².